The highest BCUT2D eigenvalue weighted by Gasteiger charge is 2.09. The number of amides is 1. The summed E-state index contributed by atoms with van der Waals surface area (Å²) in [6.07, 6.45) is 3.44. The van der Waals surface area contributed by atoms with Crippen LogP contribution in [0.25, 0.3) is 11.1 Å². The van der Waals surface area contributed by atoms with Crippen molar-refractivity contribution in [1.82, 2.24) is 15.2 Å². The van der Waals surface area contributed by atoms with Crippen molar-refractivity contribution < 1.29 is 4.79 Å². The lowest BCUT2D eigenvalue weighted by atomic mass is 10.1. The Morgan fingerprint density at radius 1 is 1.44 bits per heavy atom. The van der Waals surface area contributed by atoms with E-state index in [-0.39, 0.29) is 11.8 Å². The summed E-state index contributed by atoms with van der Waals surface area (Å²) >= 11 is 0. The average Bonchev–Trinajstić information content (AvgIpc) is 2.75. The van der Waals surface area contributed by atoms with Crippen LogP contribution in [0.2, 0.25) is 0 Å². The van der Waals surface area contributed by atoms with Crippen LogP contribution < -0.4 is 5.32 Å². The Balaban J connectivity index is 2.26. The monoisotopic (exact) mass is 244 g/mol. The van der Waals surface area contributed by atoms with E-state index in [0.29, 0.717) is 5.82 Å². The third kappa shape index (κ3) is 2.56. The van der Waals surface area contributed by atoms with E-state index >= 15 is 0 Å². The van der Waals surface area contributed by atoms with E-state index in [2.05, 4.69) is 20.5 Å². The number of hydrogen-bond donors (Lipinski definition) is 2. The number of hydrogen-bond acceptors (Lipinski definition) is 3. The topological polar surface area (TPSA) is 70.7 Å². The molecule has 1 amide bonds. The number of nitrogens with zero attached hydrogens (tertiary/aromatic N) is 2. The van der Waals surface area contributed by atoms with Crippen molar-refractivity contribution in [2.45, 2.75) is 20.8 Å². The maximum Gasteiger partial charge on any atom is 0.228 e. The molecule has 0 fully saturated rings. The quantitative estimate of drug-likeness (QED) is 0.870. The summed E-state index contributed by atoms with van der Waals surface area (Å²) in [4.78, 5) is 15.7. The molecule has 0 saturated heterocycles. The smallest absolute Gasteiger partial charge is 0.228 e. The molecule has 18 heavy (non-hydrogen) atoms. The summed E-state index contributed by atoms with van der Waals surface area (Å²) in [5, 5.41) is 9.65. The van der Waals surface area contributed by atoms with Crippen LogP contribution in [-0.4, -0.2) is 21.1 Å². The number of carbonyl (C=O) groups excluding carboxylic acids is 1. The normalized spacial score (nSPS) is 10.7. The summed E-state index contributed by atoms with van der Waals surface area (Å²) in [6, 6.07) is 3.74. The number of carbonyl (C=O) groups is 1. The molecule has 2 aromatic rings. The number of pyridine rings is 1. The van der Waals surface area contributed by atoms with Gasteiger partial charge in [0.2, 0.25) is 5.91 Å². The number of anilines is 1. The van der Waals surface area contributed by atoms with Gasteiger partial charge in [-0.25, -0.2) is 4.98 Å². The molecule has 5 nitrogen and oxygen atoms in total. The van der Waals surface area contributed by atoms with Crippen molar-refractivity contribution in [2.75, 3.05) is 5.32 Å². The molecule has 2 aromatic heterocycles. The van der Waals surface area contributed by atoms with E-state index in [1.165, 1.54) is 0 Å². The highest BCUT2D eigenvalue weighted by atomic mass is 16.1. The summed E-state index contributed by atoms with van der Waals surface area (Å²) < 4.78 is 0. The first-order valence-corrected chi connectivity index (χ1v) is 5.85. The van der Waals surface area contributed by atoms with Crippen LogP contribution in [0.5, 0.6) is 0 Å². The standard InChI is InChI=1S/C13H16N4O/c1-8(2)13(18)16-12-6-10(4-5-14-12)11-7-15-17-9(11)3/h4-8H,1-3H3,(H,15,17)(H,14,16,18). The van der Waals surface area contributed by atoms with Crippen LogP contribution in [0.4, 0.5) is 5.82 Å². The fraction of sp³-hybridized carbons (Fsp3) is 0.308. The predicted octanol–water partition coefficient (Wildman–Crippen LogP) is 2.37. The van der Waals surface area contributed by atoms with E-state index in [1.807, 2.05) is 32.9 Å². The number of aromatic amines is 1. The van der Waals surface area contributed by atoms with Gasteiger partial charge in [0.05, 0.1) is 6.20 Å². The summed E-state index contributed by atoms with van der Waals surface area (Å²) in [7, 11) is 0. The Hall–Kier alpha value is -2.17. The van der Waals surface area contributed by atoms with Crippen LogP contribution in [0.3, 0.4) is 0 Å². The molecule has 2 N–H and O–H groups in total. The Bertz CT molecular complexity index is 560. The summed E-state index contributed by atoms with van der Waals surface area (Å²) in [5.74, 6) is 0.460. The fourth-order valence-corrected chi connectivity index (χ4v) is 1.58. The summed E-state index contributed by atoms with van der Waals surface area (Å²) in [6.45, 7) is 5.65. The maximum atomic E-state index is 11.6. The molecule has 94 valence electrons. The second kappa shape index (κ2) is 5.00. The van der Waals surface area contributed by atoms with Gasteiger partial charge in [0.25, 0.3) is 0 Å². The van der Waals surface area contributed by atoms with E-state index in [1.54, 1.807) is 12.4 Å². The fourth-order valence-electron chi connectivity index (χ4n) is 1.58. The maximum absolute atomic E-state index is 11.6. The lowest BCUT2D eigenvalue weighted by molar-refractivity contribution is -0.118. The molecule has 0 bridgehead atoms. The first kappa shape index (κ1) is 12.3. The van der Waals surface area contributed by atoms with Gasteiger partial charge in [-0.15, -0.1) is 0 Å². The van der Waals surface area contributed by atoms with Crippen molar-refractivity contribution in [2.24, 2.45) is 5.92 Å². The van der Waals surface area contributed by atoms with Crippen molar-refractivity contribution in [3.63, 3.8) is 0 Å². The lowest BCUT2D eigenvalue weighted by Crippen LogP contribution is -2.18. The first-order valence-electron chi connectivity index (χ1n) is 5.85. The molecule has 0 aliphatic rings. The first-order chi connectivity index (χ1) is 8.58. The molecule has 0 atom stereocenters. The molecule has 0 spiro atoms. The van der Waals surface area contributed by atoms with Gasteiger partial charge in [0.15, 0.2) is 0 Å². The van der Waals surface area contributed by atoms with Crippen LogP contribution in [0, 0.1) is 12.8 Å². The van der Waals surface area contributed by atoms with Gasteiger partial charge in [-0.2, -0.15) is 5.10 Å². The molecule has 0 aliphatic carbocycles. The molecule has 0 unspecified atom stereocenters. The average molecular weight is 244 g/mol. The Morgan fingerprint density at radius 3 is 2.83 bits per heavy atom. The van der Waals surface area contributed by atoms with Crippen LogP contribution in [0.1, 0.15) is 19.5 Å². The largest absolute Gasteiger partial charge is 0.310 e. The van der Waals surface area contributed by atoms with Gasteiger partial charge < -0.3 is 5.32 Å². The highest BCUT2D eigenvalue weighted by Crippen LogP contribution is 2.22. The number of aryl methyl sites for hydroxylation is 1. The molecule has 0 aromatic carbocycles. The van der Waals surface area contributed by atoms with Gasteiger partial charge in [-0.05, 0) is 24.6 Å². The SMILES string of the molecule is Cc1[nH]ncc1-c1ccnc(NC(=O)C(C)C)c1. The Labute approximate surface area is 106 Å². The Morgan fingerprint density at radius 2 is 2.22 bits per heavy atom. The van der Waals surface area contributed by atoms with E-state index in [4.69, 9.17) is 0 Å². The number of nitrogens with one attached hydrogen (secondary N) is 2. The van der Waals surface area contributed by atoms with Crippen molar-refractivity contribution in [3.05, 3.63) is 30.2 Å². The van der Waals surface area contributed by atoms with E-state index < -0.39 is 0 Å². The van der Waals surface area contributed by atoms with Crippen LogP contribution in [-0.2, 0) is 4.79 Å². The van der Waals surface area contributed by atoms with E-state index in [9.17, 15) is 4.79 Å². The molecule has 2 heterocycles. The number of rotatable bonds is 3. The minimum Gasteiger partial charge on any atom is -0.310 e. The zero-order valence-corrected chi connectivity index (χ0v) is 10.7. The number of H-pyrrole nitrogens is 1. The molecular formula is C13H16N4O. The molecule has 0 aliphatic heterocycles. The van der Waals surface area contributed by atoms with Crippen molar-refractivity contribution in [3.8, 4) is 11.1 Å². The van der Waals surface area contributed by atoms with Gasteiger partial charge >= 0.3 is 0 Å². The Kier molecular flexibility index (Phi) is 3.41. The predicted molar refractivity (Wildman–Crippen MR) is 70.0 cm³/mol. The second-order valence-corrected chi connectivity index (χ2v) is 4.48. The zero-order chi connectivity index (χ0) is 13.1. The number of aromatic nitrogens is 3. The third-order valence-corrected chi connectivity index (χ3v) is 2.68. The van der Waals surface area contributed by atoms with Gasteiger partial charge in [0, 0.05) is 23.4 Å². The van der Waals surface area contributed by atoms with Gasteiger partial charge in [0.1, 0.15) is 5.82 Å². The summed E-state index contributed by atoms with van der Waals surface area (Å²) in [5.41, 5.74) is 2.98. The molecule has 2 rings (SSSR count). The van der Waals surface area contributed by atoms with Crippen molar-refractivity contribution >= 4 is 11.7 Å². The molecule has 0 radical (unpaired) electrons. The van der Waals surface area contributed by atoms with Crippen molar-refractivity contribution in [1.29, 1.82) is 0 Å². The van der Waals surface area contributed by atoms with Crippen LogP contribution >= 0.6 is 0 Å². The third-order valence-electron chi connectivity index (χ3n) is 2.68. The molecule has 0 saturated carbocycles. The van der Waals surface area contributed by atoms with Crippen LogP contribution in [0.15, 0.2) is 24.5 Å². The lowest BCUT2D eigenvalue weighted by Gasteiger charge is -2.08. The van der Waals surface area contributed by atoms with Gasteiger partial charge in [-0.1, -0.05) is 13.8 Å². The van der Waals surface area contributed by atoms with Gasteiger partial charge in [-0.3, -0.25) is 9.89 Å². The highest BCUT2D eigenvalue weighted by molar-refractivity contribution is 5.91. The van der Waals surface area contributed by atoms with E-state index in [0.717, 1.165) is 16.8 Å². The minimum atomic E-state index is -0.0638. The minimum absolute atomic E-state index is 0.0384. The molecule has 5 heteroatoms. The second-order valence-electron chi connectivity index (χ2n) is 4.48. The molecular weight excluding hydrogens is 228 g/mol. The zero-order valence-electron chi connectivity index (χ0n) is 10.7.